The van der Waals surface area contributed by atoms with Crippen molar-refractivity contribution < 1.29 is 24.6 Å². The molecular weight excluding hydrogens is 559 g/mol. The van der Waals surface area contributed by atoms with Crippen molar-refractivity contribution in [1.82, 2.24) is 16.1 Å². The largest absolute Gasteiger partial charge is 0.506 e. The fourth-order valence-corrected chi connectivity index (χ4v) is 5.68. The number of nitrogens with zero attached hydrogens (tertiary/aromatic N) is 1. The fourth-order valence-electron chi connectivity index (χ4n) is 3.77. The van der Waals surface area contributed by atoms with Gasteiger partial charge >= 0.3 is 0 Å². The van der Waals surface area contributed by atoms with Crippen LogP contribution in [0.2, 0.25) is 0 Å². The Hall–Kier alpha value is -4.13. The van der Waals surface area contributed by atoms with Crippen LogP contribution >= 0.6 is 23.1 Å². The molecule has 2 heterocycles. The minimum Gasteiger partial charge on any atom is -0.506 e. The summed E-state index contributed by atoms with van der Waals surface area (Å²) >= 11 is 2.41. The van der Waals surface area contributed by atoms with Crippen molar-refractivity contribution in [3.05, 3.63) is 92.6 Å². The van der Waals surface area contributed by atoms with E-state index in [9.17, 15) is 19.5 Å². The fraction of sp³-hybridized carbons (Fsp3) is 0.172. The van der Waals surface area contributed by atoms with E-state index < -0.39 is 5.91 Å². The highest BCUT2D eigenvalue weighted by atomic mass is 32.2. The summed E-state index contributed by atoms with van der Waals surface area (Å²) in [5.74, 6) is -0.999. The number of nitrogens with one attached hydrogen (secondary N) is 3. The Balaban J connectivity index is 1.30. The van der Waals surface area contributed by atoms with Crippen LogP contribution in [0.5, 0.6) is 5.75 Å². The van der Waals surface area contributed by atoms with Crippen molar-refractivity contribution >= 4 is 59.8 Å². The molecule has 9 nitrogen and oxygen atoms in total. The molecule has 4 rings (SSSR count). The van der Waals surface area contributed by atoms with Crippen molar-refractivity contribution in [2.24, 2.45) is 5.10 Å². The summed E-state index contributed by atoms with van der Waals surface area (Å²) in [6.45, 7) is 1.96. The molecule has 208 valence electrons. The van der Waals surface area contributed by atoms with Crippen LogP contribution in [0.4, 0.5) is 0 Å². The number of aliphatic hydroxyl groups excluding tert-OH is 1. The number of aliphatic hydroxyl groups is 1. The van der Waals surface area contributed by atoms with Crippen molar-refractivity contribution in [2.75, 3.05) is 13.2 Å². The van der Waals surface area contributed by atoms with Crippen molar-refractivity contribution in [3.8, 4) is 16.2 Å². The summed E-state index contributed by atoms with van der Waals surface area (Å²) in [7, 11) is 5.75. The number of allylic oxidation sites excluding steroid dienone is 2. The van der Waals surface area contributed by atoms with Crippen LogP contribution in [0.25, 0.3) is 10.4 Å². The first-order valence-corrected chi connectivity index (χ1v) is 14.3. The van der Waals surface area contributed by atoms with Gasteiger partial charge in [-0.15, -0.1) is 11.3 Å². The lowest BCUT2D eigenvalue weighted by molar-refractivity contribution is -0.117. The monoisotopic (exact) mass is 586 g/mol. The Bertz CT molecular complexity index is 1530. The van der Waals surface area contributed by atoms with Gasteiger partial charge in [-0.1, -0.05) is 65.8 Å². The van der Waals surface area contributed by atoms with Gasteiger partial charge in [0, 0.05) is 24.0 Å². The summed E-state index contributed by atoms with van der Waals surface area (Å²) in [4.78, 5) is 38.9. The number of thioether (sulfide) groups is 1. The molecule has 1 aromatic heterocycles. The zero-order valence-electron chi connectivity index (χ0n) is 22.1. The van der Waals surface area contributed by atoms with Crippen LogP contribution in [0.15, 0.2) is 81.0 Å². The molecule has 3 amide bonds. The molecule has 0 spiro atoms. The molecule has 0 atom stereocenters. The second-order valence-electron chi connectivity index (χ2n) is 8.92. The molecule has 2 aromatic carbocycles. The number of hydrogen-bond acceptors (Lipinski definition) is 8. The molecule has 0 fully saturated rings. The highest BCUT2D eigenvalue weighted by Crippen LogP contribution is 2.38. The van der Waals surface area contributed by atoms with Crippen LogP contribution in [0.1, 0.15) is 34.8 Å². The number of hydrazone groups is 1. The van der Waals surface area contributed by atoms with Crippen LogP contribution in [0, 0.1) is 0 Å². The molecule has 0 bridgehead atoms. The molecule has 1 aliphatic rings. The van der Waals surface area contributed by atoms with Crippen LogP contribution in [-0.4, -0.2) is 54.6 Å². The minimum atomic E-state index is -0.462. The van der Waals surface area contributed by atoms with Crippen molar-refractivity contribution in [1.29, 1.82) is 0 Å². The summed E-state index contributed by atoms with van der Waals surface area (Å²) in [5, 5.41) is 30.9. The molecule has 1 aliphatic heterocycles. The van der Waals surface area contributed by atoms with E-state index in [2.05, 4.69) is 21.2 Å². The normalized spacial score (nSPS) is 13.2. The zero-order chi connectivity index (χ0) is 29.4. The summed E-state index contributed by atoms with van der Waals surface area (Å²) in [6, 6.07) is 13.9. The van der Waals surface area contributed by atoms with Gasteiger partial charge in [0.1, 0.15) is 13.6 Å². The van der Waals surface area contributed by atoms with Gasteiger partial charge in [0.15, 0.2) is 0 Å². The van der Waals surface area contributed by atoms with E-state index in [4.69, 9.17) is 13.0 Å². The number of amides is 3. The molecular formula is C29H27BN4O5S2. The van der Waals surface area contributed by atoms with Crippen LogP contribution in [-0.2, 0) is 16.1 Å². The number of aromatic hydroxyl groups is 1. The van der Waals surface area contributed by atoms with Gasteiger partial charge in [0.05, 0.1) is 32.6 Å². The van der Waals surface area contributed by atoms with Gasteiger partial charge in [-0.3, -0.25) is 14.4 Å². The molecule has 41 heavy (non-hydrogen) atoms. The van der Waals surface area contributed by atoms with Crippen molar-refractivity contribution in [2.45, 2.75) is 19.9 Å². The molecule has 12 heteroatoms. The summed E-state index contributed by atoms with van der Waals surface area (Å²) in [6.07, 6.45) is 3.86. The number of carbonyl (C=O) groups is 3. The Morgan fingerprint density at radius 3 is 2.32 bits per heavy atom. The van der Waals surface area contributed by atoms with E-state index in [1.807, 2.05) is 12.1 Å². The molecule has 3 aromatic rings. The van der Waals surface area contributed by atoms with E-state index in [-0.39, 0.29) is 37.3 Å². The molecule has 2 radical (unpaired) electrons. The van der Waals surface area contributed by atoms with Gasteiger partial charge in [0.25, 0.3) is 17.7 Å². The van der Waals surface area contributed by atoms with E-state index in [1.165, 1.54) is 11.3 Å². The van der Waals surface area contributed by atoms with E-state index in [1.54, 1.807) is 60.9 Å². The molecule has 0 aliphatic carbocycles. The first-order valence-electron chi connectivity index (χ1n) is 12.6. The predicted molar refractivity (Wildman–Crippen MR) is 163 cm³/mol. The predicted octanol–water partition coefficient (Wildman–Crippen LogP) is 2.70. The maximum atomic E-state index is 12.8. The third-order valence-corrected chi connectivity index (χ3v) is 8.16. The maximum Gasteiger partial charge on any atom is 0.277 e. The summed E-state index contributed by atoms with van der Waals surface area (Å²) in [5.41, 5.74) is 6.15. The van der Waals surface area contributed by atoms with Gasteiger partial charge in [-0.05, 0) is 36.6 Å². The Labute approximate surface area is 246 Å². The lowest BCUT2D eigenvalue weighted by atomic mass is 9.95. The molecule has 5 N–H and O–H groups in total. The standard InChI is InChI=1S/C29H27BN4O5S2/c1-17(22-16-40-26(25(22)36)19-9-11-21(30)12-10-19)33-34-29(39)24-4-2-3-23(41-24)28(38)32-15-18-5-7-20(8-6-18)27(37)31-13-14-35/h3-12,16,35-36H,2,13-15H2,1H3,(H,31,37)(H,32,38)(H,34,39)/b33-17+. The third-order valence-electron chi connectivity index (χ3n) is 5.99. The van der Waals surface area contributed by atoms with E-state index in [0.717, 1.165) is 22.9 Å². The lowest BCUT2D eigenvalue weighted by Gasteiger charge is -2.14. The van der Waals surface area contributed by atoms with Gasteiger partial charge in [-0.2, -0.15) is 5.10 Å². The van der Waals surface area contributed by atoms with Gasteiger partial charge < -0.3 is 20.8 Å². The van der Waals surface area contributed by atoms with E-state index >= 15 is 0 Å². The molecule has 0 saturated heterocycles. The highest BCUT2D eigenvalue weighted by Gasteiger charge is 2.21. The first kappa shape index (κ1) is 29.8. The second-order valence-corrected chi connectivity index (χ2v) is 10.9. The van der Waals surface area contributed by atoms with E-state index in [0.29, 0.717) is 43.4 Å². The number of thiophene rings is 1. The SMILES string of the molecule is [B]c1ccc(-c2scc(/C(C)=N/NC(=O)C3=CCC=C(C(=O)NCc4ccc(C(=O)NCCO)cc4)S3)c2O)cc1. The maximum absolute atomic E-state index is 12.8. The van der Waals surface area contributed by atoms with Crippen LogP contribution in [0.3, 0.4) is 0 Å². The average molecular weight is 587 g/mol. The number of rotatable bonds is 10. The highest BCUT2D eigenvalue weighted by molar-refractivity contribution is 8.08. The second kappa shape index (κ2) is 14.0. The smallest absolute Gasteiger partial charge is 0.277 e. The topological polar surface area (TPSA) is 140 Å². The average Bonchev–Trinajstić information content (AvgIpc) is 3.39. The number of carbonyl (C=O) groups excluding carboxylic acids is 3. The Morgan fingerprint density at radius 2 is 1.63 bits per heavy atom. The first-order chi connectivity index (χ1) is 19.8. The third kappa shape index (κ3) is 7.75. The van der Waals surface area contributed by atoms with Gasteiger partial charge in [0.2, 0.25) is 0 Å². The van der Waals surface area contributed by atoms with Gasteiger partial charge in [-0.25, -0.2) is 5.43 Å². The van der Waals surface area contributed by atoms with Crippen LogP contribution < -0.4 is 21.5 Å². The number of benzene rings is 2. The Morgan fingerprint density at radius 1 is 0.951 bits per heavy atom. The lowest BCUT2D eigenvalue weighted by Crippen LogP contribution is -2.27. The molecule has 0 saturated carbocycles. The quantitative estimate of drug-likeness (QED) is 0.141. The Kier molecular flexibility index (Phi) is 10.2. The zero-order valence-corrected chi connectivity index (χ0v) is 23.8. The minimum absolute atomic E-state index is 0.0722. The number of hydrogen-bond donors (Lipinski definition) is 5. The summed E-state index contributed by atoms with van der Waals surface area (Å²) < 4.78 is 0. The molecule has 0 unspecified atom stereocenters. The van der Waals surface area contributed by atoms with Crippen molar-refractivity contribution in [3.63, 3.8) is 0 Å².